The summed E-state index contributed by atoms with van der Waals surface area (Å²) in [5.41, 5.74) is -18.2. The van der Waals surface area contributed by atoms with E-state index in [1.54, 1.807) is 0 Å². The number of halogens is 17. The quantitative estimate of drug-likeness (QED) is 0.0884. The molecule has 0 aromatic heterocycles. The highest BCUT2D eigenvalue weighted by Crippen LogP contribution is 2.31. The van der Waals surface area contributed by atoms with Crippen molar-refractivity contribution in [1.82, 2.24) is 0 Å². The number of rotatable bonds is 6. The summed E-state index contributed by atoms with van der Waals surface area (Å²) >= 11 is 0. The fraction of sp³-hybridized carbons (Fsp3) is 0.0345. The Balaban J connectivity index is 2.71. The summed E-state index contributed by atoms with van der Waals surface area (Å²) in [7, 11) is 0. The summed E-state index contributed by atoms with van der Waals surface area (Å²) in [6.45, 7) is 5.78. The summed E-state index contributed by atoms with van der Waals surface area (Å²) < 4.78 is 261. The lowest BCUT2D eigenvalue weighted by atomic mass is 9.12. The van der Waals surface area contributed by atoms with E-state index in [1.165, 1.54) is 0 Å². The number of hydrogen-bond acceptors (Lipinski definition) is 0. The standard InChI is InChI=1S/C29H9BF17/c1-4-7-15(33)21(39)10(22(40)16(7)34)30(9-19(37)13(31)6(3)14(32)20(9)38,12-25(43)27(45)29(47)28(46)26(12)44)11-23(41)17(35)8(5-2)18(36)24(11)42/h4-5H,1-2H2,3H3/q-1. The van der Waals surface area contributed by atoms with Gasteiger partial charge >= 0.3 is 0 Å². The average Bonchev–Trinajstić information content (AvgIpc) is 3.03. The molecule has 0 aliphatic rings. The van der Waals surface area contributed by atoms with Crippen molar-refractivity contribution in [2.24, 2.45) is 0 Å². The third-order valence-corrected chi connectivity index (χ3v) is 7.56. The van der Waals surface area contributed by atoms with Crippen molar-refractivity contribution >= 4 is 40.1 Å². The molecule has 0 aliphatic heterocycles. The Labute approximate surface area is 251 Å². The first-order valence-electron chi connectivity index (χ1n) is 12.3. The molecule has 0 spiro atoms. The first kappa shape index (κ1) is 35.1. The van der Waals surface area contributed by atoms with Gasteiger partial charge in [-0.15, -0.1) is 21.9 Å². The molecule has 0 saturated heterocycles. The molecule has 0 radical (unpaired) electrons. The zero-order chi connectivity index (χ0) is 35.8. The molecule has 47 heavy (non-hydrogen) atoms. The molecule has 248 valence electrons. The Morgan fingerprint density at radius 2 is 0.511 bits per heavy atom. The molecule has 4 aromatic carbocycles. The summed E-state index contributed by atoms with van der Waals surface area (Å²) in [5, 5.41) is 0. The third-order valence-electron chi connectivity index (χ3n) is 7.56. The zero-order valence-electron chi connectivity index (χ0n) is 22.6. The van der Waals surface area contributed by atoms with Crippen LogP contribution in [0.5, 0.6) is 0 Å². The summed E-state index contributed by atoms with van der Waals surface area (Å²) in [6, 6.07) is 0. The van der Waals surface area contributed by atoms with Crippen molar-refractivity contribution in [3.05, 3.63) is 129 Å². The lowest BCUT2D eigenvalue weighted by molar-refractivity contribution is 0.383. The smallest absolute Gasteiger partial charge is 0.200 e. The zero-order valence-corrected chi connectivity index (χ0v) is 22.6. The average molecular weight is 691 g/mol. The van der Waals surface area contributed by atoms with Gasteiger partial charge in [-0.1, -0.05) is 25.3 Å². The molecule has 18 heteroatoms. The van der Waals surface area contributed by atoms with Gasteiger partial charge in [-0.25, -0.2) is 74.6 Å². The van der Waals surface area contributed by atoms with E-state index >= 15 is 61.5 Å². The lowest BCUT2D eigenvalue weighted by Gasteiger charge is -2.45. The fourth-order valence-electron chi connectivity index (χ4n) is 5.46. The van der Waals surface area contributed by atoms with E-state index in [4.69, 9.17) is 0 Å². The molecule has 0 aliphatic carbocycles. The maximum absolute atomic E-state index is 15.9. The molecule has 0 nitrogen and oxygen atoms in total. The maximum atomic E-state index is 15.9. The van der Waals surface area contributed by atoms with E-state index < -0.39 is 144 Å². The normalized spacial score (nSPS) is 11.8. The second-order valence-electron chi connectivity index (χ2n) is 9.72. The molecule has 0 heterocycles. The monoisotopic (exact) mass is 691 g/mol. The van der Waals surface area contributed by atoms with Gasteiger partial charge in [-0.05, 0) is 6.92 Å². The van der Waals surface area contributed by atoms with E-state index in [0.717, 1.165) is 0 Å². The molecular weight excluding hydrogens is 682 g/mol. The molecule has 0 saturated carbocycles. The van der Waals surface area contributed by atoms with E-state index in [2.05, 4.69) is 13.2 Å². The minimum atomic E-state index is -6.80. The van der Waals surface area contributed by atoms with Crippen LogP contribution in [0.2, 0.25) is 0 Å². The Morgan fingerprint density at radius 1 is 0.319 bits per heavy atom. The van der Waals surface area contributed by atoms with Crippen LogP contribution in [0.1, 0.15) is 16.7 Å². The minimum absolute atomic E-state index is 0.0144. The van der Waals surface area contributed by atoms with Crippen LogP contribution in [0.4, 0.5) is 74.6 Å². The van der Waals surface area contributed by atoms with Crippen LogP contribution >= 0.6 is 0 Å². The van der Waals surface area contributed by atoms with Crippen LogP contribution in [-0.4, -0.2) is 6.15 Å². The van der Waals surface area contributed by atoms with Gasteiger partial charge in [0.05, 0.1) is 11.1 Å². The van der Waals surface area contributed by atoms with Crippen LogP contribution in [0, 0.1) is 106 Å². The fourth-order valence-corrected chi connectivity index (χ4v) is 5.46. The number of hydrogen-bond donors (Lipinski definition) is 0. The SMILES string of the molecule is C=Cc1c(F)c(F)c([B-](c2c(F)c(F)c(C)c(F)c2F)(c2c(F)c(F)c(F)c(F)c2F)c2c(F)c(F)c(C=C)c(F)c2F)c(F)c1F. The van der Waals surface area contributed by atoms with Gasteiger partial charge in [0.15, 0.2) is 52.4 Å². The van der Waals surface area contributed by atoms with Crippen LogP contribution in [0.25, 0.3) is 12.2 Å². The van der Waals surface area contributed by atoms with Crippen molar-refractivity contribution in [3.8, 4) is 0 Å². The Bertz CT molecular complexity index is 1800. The van der Waals surface area contributed by atoms with Gasteiger partial charge in [-0.2, -0.15) is 0 Å². The molecule has 0 fully saturated rings. The molecule has 4 rings (SSSR count). The largest absolute Gasteiger partial charge is 0.207 e. The molecule has 0 unspecified atom stereocenters. The van der Waals surface area contributed by atoms with Gasteiger partial charge in [0.2, 0.25) is 0 Å². The Hall–Kier alpha value is -4.77. The highest BCUT2D eigenvalue weighted by molar-refractivity contribution is 7.20. The first-order valence-corrected chi connectivity index (χ1v) is 12.3. The highest BCUT2D eigenvalue weighted by atomic mass is 19.2. The van der Waals surface area contributed by atoms with Gasteiger partial charge in [0.25, 0.3) is 0 Å². The second-order valence-corrected chi connectivity index (χ2v) is 9.72. The van der Waals surface area contributed by atoms with Gasteiger partial charge in [0, 0.05) is 5.56 Å². The molecule has 0 N–H and O–H groups in total. The lowest BCUT2D eigenvalue weighted by Crippen LogP contribution is -2.81. The number of benzene rings is 4. The van der Waals surface area contributed by atoms with Crippen LogP contribution in [0.15, 0.2) is 13.2 Å². The van der Waals surface area contributed by atoms with Crippen LogP contribution < -0.4 is 21.9 Å². The summed E-state index contributed by atoms with van der Waals surface area (Å²) in [6.07, 6.45) is -6.83. The van der Waals surface area contributed by atoms with Gasteiger partial charge in [-0.3, -0.25) is 0 Å². The van der Waals surface area contributed by atoms with Crippen LogP contribution in [0.3, 0.4) is 0 Å². The molecule has 0 atom stereocenters. The van der Waals surface area contributed by atoms with Gasteiger partial charge < -0.3 is 0 Å². The first-order chi connectivity index (χ1) is 21.8. The molecule has 0 amide bonds. The summed E-state index contributed by atoms with van der Waals surface area (Å²) in [5.74, 6) is -52.9. The predicted octanol–water partition coefficient (Wildman–Crippen LogP) is 7.02. The van der Waals surface area contributed by atoms with E-state index in [1.807, 2.05) is 0 Å². The van der Waals surface area contributed by atoms with E-state index in [0.29, 0.717) is 0 Å². The van der Waals surface area contributed by atoms with Crippen molar-refractivity contribution < 1.29 is 74.6 Å². The van der Waals surface area contributed by atoms with E-state index in [-0.39, 0.29) is 19.1 Å². The second kappa shape index (κ2) is 11.8. The molecule has 0 bridgehead atoms. The van der Waals surface area contributed by atoms with Crippen molar-refractivity contribution in [1.29, 1.82) is 0 Å². The Kier molecular flexibility index (Phi) is 8.81. The van der Waals surface area contributed by atoms with Crippen molar-refractivity contribution in [2.75, 3.05) is 0 Å². The Morgan fingerprint density at radius 3 is 0.745 bits per heavy atom. The summed E-state index contributed by atoms with van der Waals surface area (Å²) in [4.78, 5) is 0. The molecule has 4 aromatic rings. The van der Waals surface area contributed by atoms with Crippen molar-refractivity contribution in [3.63, 3.8) is 0 Å². The third kappa shape index (κ3) is 4.46. The van der Waals surface area contributed by atoms with Crippen molar-refractivity contribution in [2.45, 2.75) is 6.92 Å². The topological polar surface area (TPSA) is 0 Å². The van der Waals surface area contributed by atoms with Gasteiger partial charge in [0.1, 0.15) is 52.7 Å². The van der Waals surface area contributed by atoms with Crippen LogP contribution in [-0.2, 0) is 0 Å². The minimum Gasteiger partial charge on any atom is -0.207 e. The van der Waals surface area contributed by atoms with E-state index in [9.17, 15) is 13.2 Å². The maximum Gasteiger partial charge on any atom is 0.200 e. The molecular formula is C29H9BF17-. The predicted molar refractivity (Wildman–Crippen MR) is 134 cm³/mol. The highest BCUT2D eigenvalue weighted by Gasteiger charge is 2.51.